The number of carbonyl (C=O) groups is 1. The van der Waals surface area contributed by atoms with E-state index in [1.807, 2.05) is 51.1 Å². The molecule has 0 bridgehead atoms. The van der Waals surface area contributed by atoms with Crippen LogP contribution in [0.5, 0.6) is 0 Å². The van der Waals surface area contributed by atoms with Crippen LogP contribution >= 0.6 is 0 Å². The van der Waals surface area contributed by atoms with Gasteiger partial charge in [-0.25, -0.2) is 0 Å². The van der Waals surface area contributed by atoms with E-state index in [0.717, 1.165) is 11.1 Å². The Labute approximate surface area is 96.6 Å². The van der Waals surface area contributed by atoms with E-state index in [4.69, 9.17) is 0 Å². The van der Waals surface area contributed by atoms with Gasteiger partial charge in [0.1, 0.15) is 0 Å². The Morgan fingerprint density at radius 1 is 1.12 bits per heavy atom. The van der Waals surface area contributed by atoms with Gasteiger partial charge in [0.05, 0.1) is 5.97 Å². The molecule has 0 aliphatic heterocycles. The summed E-state index contributed by atoms with van der Waals surface area (Å²) in [5.74, 6) is -1.10. The van der Waals surface area contributed by atoms with Gasteiger partial charge in [-0.05, 0) is 29.0 Å². The van der Waals surface area contributed by atoms with Gasteiger partial charge in [-0.15, -0.1) is 0 Å². The minimum Gasteiger partial charge on any atom is -0.545 e. The fourth-order valence-electron chi connectivity index (χ4n) is 1.92. The number of hydrogen-bond donors (Lipinski definition) is 0. The van der Waals surface area contributed by atoms with Crippen LogP contribution < -0.4 is 5.11 Å². The van der Waals surface area contributed by atoms with Crippen LogP contribution in [0.25, 0.3) is 5.57 Å². The van der Waals surface area contributed by atoms with E-state index in [-0.39, 0.29) is 5.41 Å². The zero-order valence-electron chi connectivity index (χ0n) is 10.2. The summed E-state index contributed by atoms with van der Waals surface area (Å²) < 4.78 is 0. The van der Waals surface area contributed by atoms with E-state index in [0.29, 0.717) is 5.57 Å². The Hall–Kier alpha value is -1.57. The van der Waals surface area contributed by atoms with Crippen molar-refractivity contribution in [3.05, 3.63) is 41.5 Å². The molecule has 2 nitrogen and oxygen atoms in total. The van der Waals surface area contributed by atoms with Gasteiger partial charge in [0.2, 0.25) is 0 Å². The van der Waals surface area contributed by atoms with E-state index in [1.54, 1.807) is 6.92 Å². The molecule has 0 atom stereocenters. The molecule has 86 valence electrons. The zero-order chi connectivity index (χ0) is 12.3. The highest BCUT2D eigenvalue weighted by molar-refractivity contribution is 5.95. The molecule has 0 fully saturated rings. The molecular formula is C14H17O2-. The third kappa shape index (κ3) is 2.72. The molecule has 16 heavy (non-hydrogen) atoms. The lowest BCUT2D eigenvalue weighted by atomic mass is 9.79. The van der Waals surface area contributed by atoms with Crippen LogP contribution in [0.3, 0.4) is 0 Å². The lowest BCUT2D eigenvalue weighted by Gasteiger charge is -2.26. The lowest BCUT2D eigenvalue weighted by Crippen LogP contribution is -2.26. The molecule has 0 saturated carbocycles. The first-order valence-corrected chi connectivity index (χ1v) is 5.32. The van der Waals surface area contributed by atoms with Crippen molar-refractivity contribution < 1.29 is 9.90 Å². The van der Waals surface area contributed by atoms with Gasteiger partial charge in [0.15, 0.2) is 0 Å². The average molecular weight is 217 g/mol. The molecule has 0 aromatic heterocycles. The molecule has 1 rings (SSSR count). The summed E-state index contributed by atoms with van der Waals surface area (Å²) in [6.45, 7) is 7.61. The summed E-state index contributed by atoms with van der Waals surface area (Å²) in [6, 6.07) is 9.57. The second-order valence-electron chi connectivity index (χ2n) is 4.90. The Morgan fingerprint density at radius 3 is 2.00 bits per heavy atom. The number of carboxylic acids is 1. The molecular weight excluding hydrogens is 200 g/mol. The highest BCUT2D eigenvalue weighted by atomic mass is 16.4. The first-order valence-electron chi connectivity index (χ1n) is 5.32. The average Bonchev–Trinajstić information content (AvgIpc) is 2.17. The summed E-state index contributed by atoms with van der Waals surface area (Å²) in [5, 5.41) is 11.0. The van der Waals surface area contributed by atoms with Crippen molar-refractivity contribution in [1.82, 2.24) is 0 Å². The minimum absolute atomic E-state index is 0.217. The minimum atomic E-state index is -1.10. The molecule has 1 aromatic rings. The molecule has 0 N–H and O–H groups in total. The molecule has 0 amide bonds. The molecule has 0 unspecified atom stereocenters. The van der Waals surface area contributed by atoms with E-state index < -0.39 is 5.97 Å². The van der Waals surface area contributed by atoms with E-state index in [2.05, 4.69) is 0 Å². The third-order valence-corrected chi connectivity index (χ3v) is 2.49. The number of rotatable bonds is 2. The van der Waals surface area contributed by atoms with Crippen molar-refractivity contribution in [2.75, 3.05) is 0 Å². The molecule has 0 radical (unpaired) electrons. The monoisotopic (exact) mass is 217 g/mol. The highest BCUT2D eigenvalue weighted by Gasteiger charge is 2.21. The van der Waals surface area contributed by atoms with Gasteiger partial charge in [0.25, 0.3) is 0 Å². The SMILES string of the molecule is C/C(C(=O)[O-])=C(/c1ccccc1)C(C)(C)C. The maximum atomic E-state index is 11.0. The highest BCUT2D eigenvalue weighted by Crippen LogP contribution is 2.36. The van der Waals surface area contributed by atoms with Crippen LogP contribution in [-0.2, 0) is 4.79 Å². The molecule has 0 aliphatic carbocycles. The fraction of sp³-hybridized carbons (Fsp3) is 0.357. The van der Waals surface area contributed by atoms with Crippen molar-refractivity contribution in [2.24, 2.45) is 5.41 Å². The maximum Gasteiger partial charge on any atom is 0.0675 e. The largest absolute Gasteiger partial charge is 0.545 e. The molecule has 0 saturated heterocycles. The molecule has 2 heteroatoms. The summed E-state index contributed by atoms with van der Waals surface area (Å²) >= 11 is 0. The van der Waals surface area contributed by atoms with E-state index in [9.17, 15) is 9.90 Å². The maximum absolute atomic E-state index is 11.0. The van der Waals surface area contributed by atoms with E-state index in [1.165, 1.54) is 0 Å². The lowest BCUT2D eigenvalue weighted by molar-refractivity contribution is -0.299. The number of carbonyl (C=O) groups excluding carboxylic acids is 1. The Kier molecular flexibility index (Phi) is 3.53. The van der Waals surface area contributed by atoms with Crippen LogP contribution in [0, 0.1) is 5.41 Å². The zero-order valence-corrected chi connectivity index (χ0v) is 10.2. The number of allylic oxidation sites excluding steroid dienone is 1. The fourth-order valence-corrected chi connectivity index (χ4v) is 1.92. The van der Waals surface area contributed by atoms with Crippen LogP contribution in [0.15, 0.2) is 35.9 Å². The van der Waals surface area contributed by atoms with Gasteiger partial charge in [-0.2, -0.15) is 0 Å². The summed E-state index contributed by atoms with van der Waals surface area (Å²) in [5.41, 5.74) is 1.86. The topological polar surface area (TPSA) is 40.1 Å². The predicted molar refractivity (Wildman–Crippen MR) is 63.5 cm³/mol. The molecule has 0 heterocycles. The van der Waals surface area contributed by atoms with Gasteiger partial charge < -0.3 is 9.90 Å². The summed E-state index contributed by atoms with van der Waals surface area (Å²) in [4.78, 5) is 11.0. The molecule has 0 spiro atoms. The van der Waals surface area contributed by atoms with Gasteiger partial charge in [0, 0.05) is 0 Å². The quantitative estimate of drug-likeness (QED) is 0.713. The smallest absolute Gasteiger partial charge is 0.0675 e. The van der Waals surface area contributed by atoms with Crippen molar-refractivity contribution >= 4 is 11.5 Å². The number of aliphatic carboxylic acids is 1. The Bertz CT molecular complexity index is 408. The second kappa shape index (κ2) is 4.52. The van der Waals surface area contributed by atoms with Gasteiger partial charge in [-0.3, -0.25) is 0 Å². The van der Waals surface area contributed by atoms with Crippen molar-refractivity contribution in [1.29, 1.82) is 0 Å². The van der Waals surface area contributed by atoms with E-state index >= 15 is 0 Å². The Morgan fingerprint density at radius 2 is 1.62 bits per heavy atom. The van der Waals surface area contributed by atoms with Crippen LogP contribution in [0.4, 0.5) is 0 Å². The van der Waals surface area contributed by atoms with Crippen molar-refractivity contribution in [3.8, 4) is 0 Å². The standard InChI is InChI=1S/C14H18O2/c1-10(13(15)16)12(14(2,3)4)11-8-6-5-7-9-11/h5-9H,1-4H3,(H,15,16)/p-1/b12-10+. The number of hydrogen-bond acceptors (Lipinski definition) is 2. The molecule has 0 aliphatic rings. The van der Waals surface area contributed by atoms with Crippen molar-refractivity contribution in [2.45, 2.75) is 27.7 Å². The van der Waals surface area contributed by atoms with Gasteiger partial charge >= 0.3 is 0 Å². The van der Waals surface area contributed by atoms with Crippen LogP contribution in [0.2, 0.25) is 0 Å². The first kappa shape index (κ1) is 12.5. The third-order valence-electron chi connectivity index (χ3n) is 2.49. The first-order chi connectivity index (χ1) is 7.34. The predicted octanol–water partition coefficient (Wildman–Crippen LogP) is 2.26. The summed E-state index contributed by atoms with van der Waals surface area (Å²) in [7, 11) is 0. The van der Waals surface area contributed by atoms with Gasteiger partial charge in [-0.1, -0.05) is 51.1 Å². The Balaban J connectivity index is 3.40. The van der Waals surface area contributed by atoms with Crippen LogP contribution in [0.1, 0.15) is 33.3 Å². The normalized spacial score (nSPS) is 13.2. The van der Waals surface area contributed by atoms with Crippen molar-refractivity contribution in [3.63, 3.8) is 0 Å². The number of carboxylic acid groups (broad SMARTS) is 1. The summed E-state index contributed by atoms with van der Waals surface area (Å²) in [6.07, 6.45) is 0. The molecule has 1 aromatic carbocycles. The van der Waals surface area contributed by atoms with Crippen LogP contribution in [-0.4, -0.2) is 5.97 Å². The number of benzene rings is 1. The second-order valence-corrected chi connectivity index (χ2v) is 4.90.